The quantitative estimate of drug-likeness (QED) is 0.661. The highest BCUT2D eigenvalue weighted by molar-refractivity contribution is 5.90. The van der Waals surface area contributed by atoms with Crippen LogP contribution in [0.5, 0.6) is 0 Å². The van der Waals surface area contributed by atoms with Crippen LogP contribution in [0.1, 0.15) is 31.7 Å². The zero-order valence-electron chi connectivity index (χ0n) is 10.8. The lowest BCUT2D eigenvalue weighted by atomic mass is 10.0. The second-order valence-electron chi connectivity index (χ2n) is 4.61. The average Bonchev–Trinajstić information content (AvgIpc) is 2.38. The zero-order valence-corrected chi connectivity index (χ0v) is 10.8. The van der Waals surface area contributed by atoms with Crippen LogP contribution in [0, 0.1) is 0 Å². The minimum atomic E-state index is -0.255. The molecule has 0 bridgehead atoms. The van der Waals surface area contributed by atoms with E-state index >= 15 is 0 Å². The van der Waals surface area contributed by atoms with Gasteiger partial charge in [0.1, 0.15) is 0 Å². The van der Waals surface area contributed by atoms with Gasteiger partial charge >= 0.3 is 6.09 Å². The third-order valence-electron chi connectivity index (χ3n) is 3.17. The molecule has 2 rings (SSSR count). The number of hydrogen-bond donors (Lipinski definition) is 1. The highest BCUT2D eigenvalue weighted by atomic mass is 16.6. The molecule has 0 unspecified atom stereocenters. The lowest BCUT2D eigenvalue weighted by molar-refractivity contribution is 0.151. The highest BCUT2D eigenvalue weighted by Crippen LogP contribution is 2.29. The van der Waals surface area contributed by atoms with Gasteiger partial charge in [-0.3, -0.25) is 4.90 Å². The fourth-order valence-corrected chi connectivity index (χ4v) is 2.16. The number of rotatable bonds is 3. The molecule has 0 atom stereocenters. The third-order valence-corrected chi connectivity index (χ3v) is 3.17. The summed E-state index contributed by atoms with van der Waals surface area (Å²) in [5.41, 5.74) is 8.54. The molecule has 0 fully saturated rings. The van der Waals surface area contributed by atoms with Gasteiger partial charge < -0.3 is 10.5 Å². The molecule has 1 aromatic carbocycles. The van der Waals surface area contributed by atoms with E-state index in [1.807, 2.05) is 18.2 Å². The van der Waals surface area contributed by atoms with Crippen molar-refractivity contribution in [1.82, 2.24) is 0 Å². The van der Waals surface area contributed by atoms with Crippen molar-refractivity contribution in [2.45, 2.75) is 32.6 Å². The molecule has 0 aromatic heterocycles. The summed E-state index contributed by atoms with van der Waals surface area (Å²) in [5, 5.41) is 0. The average molecular weight is 248 g/mol. The molecule has 1 heterocycles. The van der Waals surface area contributed by atoms with Crippen molar-refractivity contribution in [1.29, 1.82) is 0 Å². The van der Waals surface area contributed by atoms with Gasteiger partial charge in [0.05, 0.1) is 12.3 Å². The standard InChI is InChI=1S/C14H20N2O2/c1-2-3-9-18-14(17)16-8-4-5-11-6-7-12(15)10-13(11)16/h6-7,10H,2-5,8-9,15H2,1H3. The molecule has 0 spiro atoms. The first-order valence-corrected chi connectivity index (χ1v) is 6.55. The van der Waals surface area contributed by atoms with Gasteiger partial charge in [0, 0.05) is 12.2 Å². The Morgan fingerprint density at radius 2 is 2.33 bits per heavy atom. The Kier molecular flexibility index (Phi) is 4.07. The van der Waals surface area contributed by atoms with Crippen LogP contribution in [0.25, 0.3) is 0 Å². The summed E-state index contributed by atoms with van der Waals surface area (Å²) < 4.78 is 5.26. The smallest absolute Gasteiger partial charge is 0.414 e. The Morgan fingerprint density at radius 3 is 3.11 bits per heavy atom. The van der Waals surface area contributed by atoms with Crippen LogP contribution in [-0.4, -0.2) is 19.2 Å². The number of anilines is 2. The number of ether oxygens (including phenoxy) is 1. The lowest BCUT2D eigenvalue weighted by Crippen LogP contribution is -2.36. The van der Waals surface area contributed by atoms with Crippen molar-refractivity contribution in [3.05, 3.63) is 23.8 Å². The van der Waals surface area contributed by atoms with Gasteiger partial charge in [-0.05, 0) is 37.0 Å². The predicted molar refractivity (Wildman–Crippen MR) is 72.8 cm³/mol. The van der Waals surface area contributed by atoms with Gasteiger partial charge in [0.2, 0.25) is 0 Å². The normalized spacial score (nSPS) is 14.2. The SMILES string of the molecule is CCCCOC(=O)N1CCCc2ccc(N)cc21. The zero-order chi connectivity index (χ0) is 13.0. The summed E-state index contributed by atoms with van der Waals surface area (Å²) in [4.78, 5) is 13.7. The van der Waals surface area contributed by atoms with Gasteiger partial charge in [-0.2, -0.15) is 0 Å². The van der Waals surface area contributed by atoms with Crippen molar-refractivity contribution in [2.24, 2.45) is 0 Å². The molecular weight excluding hydrogens is 228 g/mol. The molecule has 0 aliphatic carbocycles. The maximum Gasteiger partial charge on any atom is 0.414 e. The second kappa shape index (κ2) is 5.76. The predicted octanol–water partition coefficient (Wildman–Crippen LogP) is 2.96. The first-order chi connectivity index (χ1) is 8.72. The van der Waals surface area contributed by atoms with Crippen LogP contribution in [-0.2, 0) is 11.2 Å². The van der Waals surface area contributed by atoms with Gasteiger partial charge in [-0.15, -0.1) is 0 Å². The summed E-state index contributed by atoms with van der Waals surface area (Å²) in [6, 6.07) is 5.73. The molecule has 98 valence electrons. The number of benzene rings is 1. The van der Waals surface area contributed by atoms with E-state index < -0.39 is 0 Å². The van der Waals surface area contributed by atoms with Crippen LogP contribution in [0.15, 0.2) is 18.2 Å². The van der Waals surface area contributed by atoms with Crippen molar-refractivity contribution < 1.29 is 9.53 Å². The summed E-state index contributed by atoms with van der Waals surface area (Å²) in [6.45, 7) is 3.27. The Labute approximate surface area is 108 Å². The maximum absolute atomic E-state index is 12.0. The summed E-state index contributed by atoms with van der Waals surface area (Å²) in [5.74, 6) is 0. The van der Waals surface area contributed by atoms with Gasteiger partial charge in [-0.1, -0.05) is 19.4 Å². The van der Waals surface area contributed by atoms with E-state index in [-0.39, 0.29) is 6.09 Å². The first kappa shape index (κ1) is 12.7. The number of fused-ring (bicyclic) bond motifs is 1. The number of hydrogen-bond acceptors (Lipinski definition) is 3. The molecule has 0 saturated carbocycles. The maximum atomic E-state index is 12.0. The van der Waals surface area contributed by atoms with E-state index in [0.29, 0.717) is 18.8 Å². The summed E-state index contributed by atoms with van der Waals surface area (Å²) >= 11 is 0. The molecule has 4 nitrogen and oxygen atoms in total. The monoisotopic (exact) mass is 248 g/mol. The lowest BCUT2D eigenvalue weighted by Gasteiger charge is -2.29. The topological polar surface area (TPSA) is 55.6 Å². The molecule has 18 heavy (non-hydrogen) atoms. The van der Waals surface area contributed by atoms with E-state index in [9.17, 15) is 4.79 Å². The van der Waals surface area contributed by atoms with Crippen LogP contribution >= 0.6 is 0 Å². The van der Waals surface area contributed by atoms with Crippen molar-refractivity contribution >= 4 is 17.5 Å². The summed E-state index contributed by atoms with van der Waals surface area (Å²) in [7, 11) is 0. The van der Waals surface area contributed by atoms with Crippen molar-refractivity contribution in [3.63, 3.8) is 0 Å². The van der Waals surface area contributed by atoms with E-state index in [4.69, 9.17) is 10.5 Å². The van der Waals surface area contributed by atoms with Gasteiger partial charge in [-0.25, -0.2) is 4.79 Å². The van der Waals surface area contributed by atoms with Crippen molar-refractivity contribution in [3.8, 4) is 0 Å². The minimum Gasteiger partial charge on any atom is -0.449 e. The molecule has 2 N–H and O–H groups in total. The molecule has 4 heteroatoms. The van der Waals surface area contributed by atoms with Crippen LogP contribution in [0.3, 0.4) is 0 Å². The number of nitrogens with zero attached hydrogens (tertiary/aromatic N) is 1. The van der Waals surface area contributed by atoms with Crippen LogP contribution in [0.4, 0.5) is 16.2 Å². The molecular formula is C14H20N2O2. The Balaban J connectivity index is 2.11. The number of amides is 1. The van der Waals surface area contributed by atoms with E-state index in [1.54, 1.807) is 4.90 Å². The minimum absolute atomic E-state index is 0.255. The number of unbranched alkanes of at least 4 members (excludes halogenated alkanes) is 1. The number of nitrogens with two attached hydrogens (primary N) is 1. The Morgan fingerprint density at radius 1 is 1.50 bits per heavy atom. The molecule has 1 aromatic rings. The molecule has 1 amide bonds. The summed E-state index contributed by atoms with van der Waals surface area (Å²) in [6.07, 6.45) is 3.64. The third kappa shape index (κ3) is 2.75. The van der Waals surface area contributed by atoms with E-state index in [2.05, 4.69) is 6.92 Å². The van der Waals surface area contributed by atoms with Crippen LogP contribution in [0.2, 0.25) is 0 Å². The highest BCUT2D eigenvalue weighted by Gasteiger charge is 2.23. The Bertz CT molecular complexity index is 432. The number of nitrogen functional groups attached to an aromatic ring is 1. The number of carbonyl (C=O) groups is 1. The molecule has 0 radical (unpaired) electrons. The number of carbonyl (C=O) groups excluding carboxylic acids is 1. The van der Waals surface area contributed by atoms with E-state index in [0.717, 1.165) is 31.4 Å². The number of aryl methyl sites for hydroxylation is 1. The van der Waals surface area contributed by atoms with E-state index in [1.165, 1.54) is 5.56 Å². The fraction of sp³-hybridized carbons (Fsp3) is 0.500. The molecule has 1 aliphatic heterocycles. The largest absolute Gasteiger partial charge is 0.449 e. The first-order valence-electron chi connectivity index (χ1n) is 6.55. The van der Waals surface area contributed by atoms with Crippen molar-refractivity contribution in [2.75, 3.05) is 23.8 Å². The Hall–Kier alpha value is -1.71. The van der Waals surface area contributed by atoms with Gasteiger partial charge in [0.25, 0.3) is 0 Å². The molecule has 0 saturated heterocycles. The van der Waals surface area contributed by atoms with Crippen LogP contribution < -0.4 is 10.6 Å². The molecule has 1 aliphatic rings. The van der Waals surface area contributed by atoms with Gasteiger partial charge in [0.15, 0.2) is 0 Å². The fourth-order valence-electron chi connectivity index (χ4n) is 2.16. The second-order valence-corrected chi connectivity index (χ2v) is 4.61.